The van der Waals surface area contributed by atoms with Crippen LogP contribution in [0.15, 0.2) is 23.7 Å². The van der Waals surface area contributed by atoms with Crippen LogP contribution in [-0.2, 0) is 14.3 Å². The number of carbonyl (C=O) groups is 2. The molecule has 1 aliphatic rings. The number of nitrogens with one attached hydrogen (secondary N) is 1. The fourth-order valence-corrected chi connectivity index (χ4v) is 4.40. The van der Waals surface area contributed by atoms with E-state index < -0.39 is 11.7 Å². The number of ether oxygens (including phenoxy) is 2. The van der Waals surface area contributed by atoms with Gasteiger partial charge in [-0.15, -0.1) is 11.3 Å². The quantitative estimate of drug-likeness (QED) is 0.819. The van der Waals surface area contributed by atoms with Crippen molar-refractivity contribution in [3.63, 3.8) is 0 Å². The number of carbonyl (C=O) groups excluding carboxylic acids is 2. The second-order valence-corrected chi connectivity index (χ2v) is 8.47. The van der Waals surface area contributed by atoms with E-state index in [4.69, 9.17) is 9.47 Å². The zero-order valence-corrected chi connectivity index (χ0v) is 16.3. The number of alkyl carbamates (subject to hydrolysis) is 1. The van der Waals surface area contributed by atoms with Crippen LogP contribution >= 0.6 is 11.3 Å². The number of aromatic nitrogens is 1. The number of thiophene rings is 1. The van der Waals surface area contributed by atoms with Crippen molar-refractivity contribution in [2.45, 2.75) is 64.2 Å². The molecule has 140 valence electrons. The van der Waals surface area contributed by atoms with Crippen LogP contribution in [0.4, 0.5) is 4.79 Å². The standard InChI is InChI=1S/C19H24N2O4S/c1-11(22)24-16-9-12(8-15(16)21-18(23)25-19(2,3)4)14-10-26-17-13(14)6-5-7-20-17/h5-7,10,12,15-16H,8-9H2,1-4H3,(H,21,23). The maximum atomic E-state index is 12.2. The molecule has 26 heavy (non-hydrogen) atoms. The fourth-order valence-electron chi connectivity index (χ4n) is 3.41. The second kappa shape index (κ2) is 7.23. The molecule has 1 saturated carbocycles. The molecule has 0 aromatic carbocycles. The monoisotopic (exact) mass is 376 g/mol. The van der Waals surface area contributed by atoms with Crippen LogP contribution < -0.4 is 5.32 Å². The van der Waals surface area contributed by atoms with E-state index in [1.165, 1.54) is 12.5 Å². The summed E-state index contributed by atoms with van der Waals surface area (Å²) in [5.74, 6) is -0.152. The predicted molar refractivity (Wildman–Crippen MR) is 100 cm³/mol. The van der Waals surface area contributed by atoms with E-state index in [0.717, 1.165) is 10.2 Å². The summed E-state index contributed by atoms with van der Waals surface area (Å²) >= 11 is 1.61. The van der Waals surface area contributed by atoms with E-state index in [0.29, 0.717) is 12.8 Å². The molecule has 0 spiro atoms. The molecule has 1 amide bonds. The molecule has 0 radical (unpaired) electrons. The van der Waals surface area contributed by atoms with E-state index in [2.05, 4.69) is 21.7 Å². The first-order valence-electron chi connectivity index (χ1n) is 8.72. The van der Waals surface area contributed by atoms with Crippen molar-refractivity contribution in [2.24, 2.45) is 0 Å². The molecule has 2 aromatic heterocycles. The number of amides is 1. The highest BCUT2D eigenvalue weighted by Gasteiger charge is 2.39. The highest BCUT2D eigenvalue weighted by molar-refractivity contribution is 7.16. The van der Waals surface area contributed by atoms with Crippen molar-refractivity contribution < 1.29 is 19.1 Å². The van der Waals surface area contributed by atoms with Gasteiger partial charge in [0.25, 0.3) is 0 Å². The fraction of sp³-hybridized carbons (Fsp3) is 0.526. The number of hydrogen-bond donors (Lipinski definition) is 1. The van der Waals surface area contributed by atoms with Gasteiger partial charge in [-0.3, -0.25) is 4.79 Å². The molecule has 0 aliphatic heterocycles. The summed E-state index contributed by atoms with van der Waals surface area (Å²) in [6, 6.07) is 3.71. The third-order valence-corrected chi connectivity index (χ3v) is 5.26. The Morgan fingerprint density at radius 2 is 2.08 bits per heavy atom. The van der Waals surface area contributed by atoms with Gasteiger partial charge in [0.2, 0.25) is 0 Å². The predicted octanol–water partition coefficient (Wildman–Crippen LogP) is 4.00. The molecule has 0 saturated heterocycles. The Kier molecular flexibility index (Phi) is 5.18. The zero-order valence-electron chi connectivity index (χ0n) is 15.4. The molecule has 0 bridgehead atoms. The molecule has 6 nitrogen and oxygen atoms in total. The van der Waals surface area contributed by atoms with Gasteiger partial charge in [-0.1, -0.05) is 6.07 Å². The summed E-state index contributed by atoms with van der Waals surface area (Å²) in [4.78, 5) is 29.0. The van der Waals surface area contributed by atoms with Crippen LogP contribution in [0.2, 0.25) is 0 Å². The van der Waals surface area contributed by atoms with Gasteiger partial charge >= 0.3 is 12.1 Å². The first-order valence-corrected chi connectivity index (χ1v) is 9.60. The van der Waals surface area contributed by atoms with Crippen molar-refractivity contribution in [3.05, 3.63) is 29.3 Å². The van der Waals surface area contributed by atoms with Crippen LogP contribution in [0.25, 0.3) is 10.2 Å². The van der Waals surface area contributed by atoms with Crippen LogP contribution in [0.3, 0.4) is 0 Å². The first kappa shape index (κ1) is 18.6. The van der Waals surface area contributed by atoms with Gasteiger partial charge in [0.15, 0.2) is 0 Å². The Bertz CT molecular complexity index is 811. The van der Waals surface area contributed by atoms with Crippen molar-refractivity contribution in [1.82, 2.24) is 10.3 Å². The largest absolute Gasteiger partial charge is 0.460 e. The lowest BCUT2D eigenvalue weighted by Gasteiger charge is -2.24. The maximum Gasteiger partial charge on any atom is 0.408 e. The van der Waals surface area contributed by atoms with E-state index >= 15 is 0 Å². The van der Waals surface area contributed by atoms with Gasteiger partial charge in [0.1, 0.15) is 16.5 Å². The molecule has 1 aliphatic carbocycles. The van der Waals surface area contributed by atoms with Gasteiger partial charge in [-0.25, -0.2) is 9.78 Å². The molecular formula is C19H24N2O4S. The normalized spacial score (nSPS) is 23.0. The van der Waals surface area contributed by atoms with E-state index in [1.807, 2.05) is 26.8 Å². The molecule has 2 heterocycles. The van der Waals surface area contributed by atoms with Crippen molar-refractivity contribution in [2.75, 3.05) is 0 Å². The molecule has 3 rings (SSSR count). The Balaban J connectivity index is 1.78. The van der Waals surface area contributed by atoms with Crippen molar-refractivity contribution in [1.29, 1.82) is 0 Å². The van der Waals surface area contributed by atoms with E-state index in [-0.39, 0.29) is 24.0 Å². The Hall–Kier alpha value is -2.15. The second-order valence-electron chi connectivity index (χ2n) is 7.62. The molecular weight excluding hydrogens is 352 g/mol. The van der Waals surface area contributed by atoms with Crippen molar-refractivity contribution in [3.8, 4) is 0 Å². The van der Waals surface area contributed by atoms with Crippen LogP contribution in [0.5, 0.6) is 0 Å². The Labute approximate surface area is 156 Å². The molecule has 3 unspecified atom stereocenters. The summed E-state index contributed by atoms with van der Waals surface area (Å²) in [6.45, 7) is 6.84. The van der Waals surface area contributed by atoms with Crippen LogP contribution in [0, 0.1) is 0 Å². The molecule has 2 aromatic rings. The van der Waals surface area contributed by atoms with Gasteiger partial charge in [0, 0.05) is 18.5 Å². The number of hydrogen-bond acceptors (Lipinski definition) is 6. The lowest BCUT2D eigenvalue weighted by molar-refractivity contribution is -0.147. The maximum absolute atomic E-state index is 12.2. The SMILES string of the molecule is CC(=O)OC1CC(c2csc3ncccc23)CC1NC(=O)OC(C)(C)C. The zero-order chi connectivity index (χ0) is 18.9. The van der Waals surface area contributed by atoms with E-state index in [1.54, 1.807) is 17.5 Å². The summed E-state index contributed by atoms with van der Waals surface area (Å²) in [7, 11) is 0. The smallest absolute Gasteiger partial charge is 0.408 e. The van der Waals surface area contributed by atoms with Crippen LogP contribution in [0.1, 0.15) is 52.0 Å². The van der Waals surface area contributed by atoms with Crippen LogP contribution in [-0.4, -0.2) is 34.8 Å². The minimum Gasteiger partial charge on any atom is -0.460 e. The Morgan fingerprint density at radius 1 is 1.31 bits per heavy atom. The lowest BCUT2D eigenvalue weighted by Crippen LogP contribution is -2.44. The lowest BCUT2D eigenvalue weighted by atomic mass is 9.97. The summed E-state index contributed by atoms with van der Waals surface area (Å²) < 4.78 is 10.8. The number of pyridine rings is 1. The highest BCUT2D eigenvalue weighted by atomic mass is 32.1. The molecule has 1 N–H and O–H groups in total. The number of fused-ring (bicyclic) bond motifs is 1. The third-order valence-electron chi connectivity index (χ3n) is 4.34. The topological polar surface area (TPSA) is 77.5 Å². The third kappa shape index (κ3) is 4.33. The van der Waals surface area contributed by atoms with Gasteiger partial charge in [-0.05, 0) is 56.5 Å². The van der Waals surface area contributed by atoms with Gasteiger partial charge in [0.05, 0.1) is 6.04 Å². The molecule has 7 heteroatoms. The summed E-state index contributed by atoms with van der Waals surface area (Å²) in [5.41, 5.74) is 0.623. The summed E-state index contributed by atoms with van der Waals surface area (Å²) in [6.07, 6.45) is 2.29. The van der Waals surface area contributed by atoms with Gasteiger partial charge in [-0.2, -0.15) is 0 Å². The minimum atomic E-state index is -0.575. The average Bonchev–Trinajstić information content (AvgIpc) is 3.09. The average molecular weight is 376 g/mol. The molecule has 3 atom stereocenters. The Morgan fingerprint density at radius 3 is 2.77 bits per heavy atom. The highest BCUT2D eigenvalue weighted by Crippen LogP contribution is 2.41. The number of nitrogens with zero attached hydrogens (tertiary/aromatic N) is 1. The van der Waals surface area contributed by atoms with Gasteiger partial charge < -0.3 is 14.8 Å². The van der Waals surface area contributed by atoms with E-state index in [9.17, 15) is 9.59 Å². The number of rotatable bonds is 3. The van der Waals surface area contributed by atoms with Crippen molar-refractivity contribution >= 4 is 33.6 Å². The molecule has 1 fully saturated rings. The number of esters is 1. The summed E-state index contributed by atoms with van der Waals surface area (Å²) in [5, 5.41) is 6.12. The minimum absolute atomic E-state index is 0.192. The first-order chi connectivity index (χ1) is 12.2.